The zero-order valence-electron chi connectivity index (χ0n) is 16.0. The third-order valence-electron chi connectivity index (χ3n) is 8.81. The summed E-state index contributed by atoms with van der Waals surface area (Å²) >= 11 is 0. The van der Waals surface area contributed by atoms with Gasteiger partial charge in [0.1, 0.15) is 6.10 Å². The second kappa shape index (κ2) is 5.99. The van der Waals surface area contributed by atoms with Crippen LogP contribution in [0.2, 0.25) is 0 Å². The summed E-state index contributed by atoms with van der Waals surface area (Å²) in [5, 5.41) is 13.1. The summed E-state index contributed by atoms with van der Waals surface area (Å²) in [6, 6.07) is 0. The highest BCUT2D eigenvalue weighted by atomic mass is 16.5. The van der Waals surface area contributed by atoms with E-state index in [1.165, 1.54) is 45.4 Å². The number of ether oxygens (including phenoxy) is 1. The summed E-state index contributed by atoms with van der Waals surface area (Å²) in [7, 11) is 0. The third kappa shape index (κ3) is 2.54. The molecular formula is C21H33NO3. The number of nitrogens with zero attached hydrogens (tertiary/aromatic N) is 1. The molecule has 0 unspecified atom stereocenters. The van der Waals surface area contributed by atoms with Gasteiger partial charge in [-0.05, 0) is 86.9 Å². The SMILES string of the molecule is CC(=O)O[C@@H]1CC[C@@]2(C)[C@@H](CC[C@@H]3[C@H]4CC/C(=N\O)[C@@]4(C)CC[C@@H]32)C1. The molecule has 140 valence electrons. The second-order valence-corrected chi connectivity index (χ2v) is 9.70. The van der Waals surface area contributed by atoms with E-state index in [0.717, 1.165) is 36.8 Å². The quantitative estimate of drug-likeness (QED) is 0.421. The van der Waals surface area contributed by atoms with Crippen molar-refractivity contribution < 1.29 is 14.7 Å². The summed E-state index contributed by atoms with van der Waals surface area (Å²) < 4.78 is 5.55. The molecule has 4 aliphatic rings. The molecule has 0 aromatic rings. The first-order chi connectivity index (χ1) is 11.9. The van der Waals surface area contributed by atoms with Crippen molar-refractivity contribution in [2.45, 2.75) is 84.7 Å². The highest BCUT2D eigenvalue weighted by Crippen LogP contribution is 2.65. The van der Waals surface area contributed by atoms with E-state index in [4.69, 9.17) is 4.74 Å². The van der Waals surface area contributed by atoms with Crippen LogP contribution >= 0.6 is 0 Å². The summed E-state index contributed by atoms with van der Waals surface area (Å²) in [5.74, 6) is 2.84. The lowest BCUT2D eigenvalue weighted by Crippen LogP contribution is -2.54. The fourth-order valence-corrected chi connectivity index (χ4v) is 7.51. The largest absolute Gasteiger partial charge is 0.463 e. The van der Waals surface area contributed by atoms with Crippen LogP contribution in [0.15, 0.2) is 5.16 Å². The van der Waals surface area contributed by atoms with E-state index in [1.807, 2.05) is 0 Å². The molecule has 4 rings (SSSR count). The van der Waals surface area contributed by atoms with Crippen LogP contribution in [0.3, 0.4) is 0 Å². The number of carbonyl (C=O) groups is 1. The normalized spacial score (nSPS) is 50.7. The standard InChI is InChI=1S/C21H33NO3/c1-13(23)25-15-8-10-20(2)14(12-15)4-5-16-17-6-7-19(22-24)21(17,3)11-9-18(16)20/h14-18,24H,4-12H2,1-3H3/b22-19+/t14-,15+,16+,17+,18-,20-,21-/m0/s1. The third-order valence-corrected chi connectivity index (χ3v) is 8.81. The first-order valence-corrected chi connectivity index (χ1v) is 10.3. The Morgan fingerprint density at radius 2 is 1.92 bits per heavy atom. The molecule has 0 saturated heterocycles. The van der Waals surface area contributed by atoms with Crippen molar-refractivity contribution in [3.05, 3.63) is 0 Å². The van der Waals surface area contributed by atoms with Gasteiger partial charge in [0.05, 0.1) is 5.71 Å². The van der Waals surface area contributed by atoms with Crippen LogP contribution in [0.25, 0.3) is 0 Å². The molecule has 0 radical (unpaired) electrons. The molecule has 0 spiro atoms. The van der Waals surface area contributed by atoms with Crippen molar-refractivity contribution >= 4 is 11.7 Å². The van der Waals surface area contributed by atoms with Crippen LogP contribution in [0, 0.1) is 34.5 Å². The van der Waals surface area contributed by atoms with Gasteiger partial charge < -0.3 is 9.94 Å². The van der Waals surface area contributed by atoms with Gasteiger partial charge in [0.2, 0.25) is 0 Å². The number of hydrogen-bond acceptors (Lipinski definition) is 4. The van der Waals surface area contributed by atoms with Crippen LogP contribution in [0.4, 0.5) is 0 Å². The smallest absolute Gasteiger partial charge is 0.302 e. The lowest BCUT2D eigenvalue weighted by atomic mass is 9.45. The average molecular weight is 347 g/mol. The fraction of sp³-hybridized carbons (Fsp3) is 0.905. The molecule has 4 saturated carbocycles. The molecule has 0 aliphatic heterocycles. The molecule has 4 aliphatic carbocycles. The molecule has 0 bridgehead atoms. The number of oxime groups is 1. The Balaban J connectivity index is 1.55. The lowest BCUT2D eigenvalue weighted by molar-refractivity contribution is -0.158. The Bertz CT molecular complexity index is 588. The predicted molar refractivity (Wildman–Crippen MR) is 96.5 cm³/mol. The molecule has 7 atom stereocenters. The Morgan fingerprint density at radius 3 is 2.64 bits per heavy atom. The molecule has 0 amide bonds. The van der Waals surface area contributed by atoms with Crippen molar-refractivity contribution in [3.63, 3.8) is 0 Å². The Morgan fingerprint density at radius 1 is 1.12 bits per heavy atom. The van der Waals surface area contributed by atoms with Crippen molar-refractivity contribution in [1.82, 2.24) is 0 Å². The molecule has 4 fully saturated rings. The minimum atomic E-state index is -0.127. The van der Waals surface area contributed by atoms with Crippen LogP contribution in [0.5, 0.6) is 0 Å². The van der Waals surface area contributed by atoms with E-state index in [1.54, 1.807) is 0 Å². The van der Waals surface area contributed by atoms with Gasteiger partial charge in [-0.3, -0.25) is 4.79 Å². The average Bonchev–Trinajstić information content (AvgIpc) is 2.91. The molecule has 4 nitrogen and oxygen atoms in total. The fourth-order valence-electron chi connectivity index (χ4n) is 7.51. The molecule has 4 heteroatoms. The number of esters is 1. The first-order valence-electron chi connectivity index (χ1n) is 10.3. The number of hydrogen-bond donors (Lipinski definition) is 1. The van der Waals surface area contributed by atoms with Crippen LogP contribution < -0.4 is 0 Å². The van der Waals surface area contributed by atoms with Crippen molar-refractivity contribution in [1.29, 1.82) is 0 Å². The van der Waals surface area contributed by atoms with Gasteiger partial charge in [-0.15, -0.1) is 0 Å². The summed E-state index contributed by atoms with van der Waals surface area (Å²) in [5.41, 5.74) is 1.59. The van der Waals surface area contributed by atoms with Gasteiger partial charge in [0.25, 0.3) is 0 Å². The van der Waals surface area contributed by atoms with Crippen LogP contribution in [0.1, 0.15) is 78.6 Å². The second-order valence-electron chi connectivity index (χ2n) is 9.70. The highest BCUT2D eigenvalue weighted by Gasteiger charge is 2.59. The monoisotopic (exact) mass is 347 g/mol. The molecule has 0 aromatic heterocycles. The molecular weight excluding hydrogens is 314 g/mol. The van der Waals surface area contributed by atoms with Gasteiger partial charge in [-0.2, -0.15) is 0 Å². The highest BCUT2D eigenvalue weighted by molar-refractivity contribution is 5.91. The molecule has 1 N–H and O–H groups in total. The zero-order valence-corrected chi connectivity index (χ0v) is 16.0. The maximum absolute atomic E-state index is 11.3. The summed E-state index contributed by atoms with van der Waals surface area (Å²) in [4.78, 5) is 11.3. The van der Waals surface area contributed by atoms with Gasteiger partial charge in [0.15, 0.2) is 0 Å². The van der Waals surface area contributed by atoms with E-state index >= 15 is 0 Å². The van der Waals surface area contributed by atoms with E-state index in [-0.39, 0.29) is 17.5 Å². The molecule has 25 heavy (non-hydrogen) atoms. The number of carbonyl (C=O) groups excluding carboxylic acids is 1. The van der Waals surface area contributed by atoms with Gasteiger partial charge in [-0.25, -0.2) is 0 Å². The summed E-state index contributed by atoms with van der Waals surface area (Å²) in [6.45, 7) is 6.41. The first kappa shape index (κ1) is 17.4. The van der Waals surface area contributed by atoms with Gasteiger partial charge in [0, 0.05) is 12.3 Å². The van der Waals surface area contributed by atoms with E-state index in [0.29, 0.717) is 17.3 Å². The van der Waals surface area contributed by atoms with Crippen molar-refractivity contribution in [2.24, 2.45) is 39.7 Å². The Labute approximate surface area is 151 Å². The van der Waals surface area contributed by atoms with Gasteiger partial charge >= 0.3 is 5.97 Å². The lowest BCUT2D eigenvalue weighted by Gasteiger charge is -2.60. The van der Waals surface area contributed by atoms with E-state index in [9.17, 15) is 10.0 Å². The summed E-state index contributed by atoms with van der Waals surface area (Å²) in [6.07, 6.45) is 10.6. The maximum atomic E-state index is 11.3. The predicted octanol–water partition coefficient (Wildman–Crippen LogP) is 4.79. The number of fused-ring (bicyclic) bond motifs is 5. The Kier molecular flexibility index (Phi) is 4.16. The Hall–Kier alpha value is -1.06. The molecule has 0 heterocycles. The van der Waals surface area contributed by atoms with Gasteiger partial charge in [-0.1, -0.05) is 19.0 Å². The maximum Gasteiger partial charge on any atom is 0.302 e. The van der Waals surface area contributed by atoms with E-state index in [2.05, 4.69) is 19.0 Å². The van der Waals surface area contributed by atoms with Crippen LogP contribution in [-0.2, 0) is 9.53 Å². The van der Waals surface area contributed by atoms with Crippen LogP contribution in [-0.4, -0.2) is 23.0 Å². The van der Waals surface area contributed by atoms with Crippen molar-refractivity contribution in [2.75, 3.05) is 0 Å². The topological polar surface area (TPSA) is 58.9 Å². The minimum Gasteiger partial charge on any atom is -0.463 e. The molecule has 0 aromatic carbocycles. The van der Waals surface area contributed by atoms with E-state index < -0.39 is 0 Å². The number of rotatable bonds is 1. The minimum absolute atomic E-state index is 0.127. The van der Waals surface area contributed by atoms with Crippen molar-refractivity contribution in [3.8, 4) is 0 Å². The zero-order chi connectivity index (χ0) is 17.8.